The Balaban J connectivity index is 1.15. The number of hydrogen-bond donors (Lipinski definition) is 6. The van der Waals surface area contributed by atoms with Crippen molar-refractivity contribution in [3.05, 3.63) is 29.3 Å². The molecule has 2 aliphatic rings. The lowest BCUT2D eigenvalue weighted by Gasteiger charge is -2.24. The van der Waals surface area contributed by atoms with Crippen molar-refractivity contribution in [2.45, 2.75) is 43.1 Å². The number of hydrogen-bond acceptors (Lipinski definition) is 15. The molecule has 2 aliphatic heterocycles. The molecule has 4 aromatic rings. The minimum absolute atomic E-state index is 0.0107. The fourth-order valence-electron chi connectivity index (χ4n) is 4.84. The molecule has 0 radical (unpaired) electrons. The zero-order chi connectivity index (χ0) is 28.2. The first kappa shape index (κ1) is 26.7. The number of aromatic nitrogens is 8. The Morgan fingerprint density at radius 3 is 2.73 bits per heavy atom. The van der Waals surface area contributed by atoms with Crippen molar-refractivity contribution in [2.24, 2.45) is 0 Å². The molecule has 2 unspecified atom stereocenters. The van der Waals surface area contributed by atoms with Crippen LogP contribution in [0.25, 0.3) is 22.3 Å². The summed E-state index contributed by atoms with van der Waals surface area (Å²) in [4.78, 5) is 45.3. The number of nitrogens with two attached hydrogens (primary N) is 2. The predicted octanol–water partition coefficient (Wildman–Crippen LogP) is -1.79. The van der Waals surface area contributed by atoms with Gasteiger partial charge in [0, 0.05) is 6.42 Å². The molecule has 6 rings (SSSR count). The van der Waals surface area contributed by atoms with Crippen molar-refractivity contribution >= 4 is 41.9 Å². The van der Waals surface area contributed by atoms with E-state index in [9.17, 15) is 24.5 Å². The number of nitrogens with one attached hydrogen (secondary N) is 1. The van der Waals surface area contributed by atoms with E-state index in [-0.39, 0.29) is 36.0 Å². The van der Waals surface area contributed by atoms with Crippen LogP contribution in [0.4, 0.5) is 11.8 Å². The Kier molecular flexibility index (Phi) is 6.75. The molecule has 2 saturated heterocycles. The van der Waals surface area contributed by atoms with Crippen LogP contribution < -0.4 is 17.0 Å². The molecule has 20 heteroatoms. The third kappa shape index (κ3) is 4.71. The van der Waals surface area contributed by atoms with E-state index in [1.54, 1.807) is 4.57 Å². The lowest BCUT2D eigenvalue weighted by molar-refractivity contribution is -0.0524. The number of anilines is 2. The van der Waals surface area contributed by atoms with Gasteiger partial charge in [0.2, 0.25) is 5.95 Å². The van der Waals surface area contributed by atoms with E-state index in [1.165, 1.54) is 23.5 Å². The highest BCUT2D eigenvalue weighted by atomic mass is 31.2. The number of imidazole rings is 2. The topological polar surface area (TPSA) is 274 Å². The summed E-state index contributed by atoms with van der Waals surface area (Å²) in [5, 5.41) is 20.5. The van der Waals surface area contributed by atoms with Crippen molar-refractivity contribution in [3.8, 4) is 0 Å². The van der Waals surface area contributed by atoms with Crippen molar-refractivity contribution in [1.29, 1.82) is 0 Å². The average Bonchev–Trinajstić information content (AvgIpc) is 3.68. The first-order chi connectivity index (χ1) is 19.1. The largest absolute Gasteiger partial charge is 0.472 e. The van der Waals surface area contributed by atoms with Gasteiger partial charge in [0.1, 0.15) is 30.2 Å². The molecule has 0 saturated carbocycles. The van der Waals surface area contributed by atoms with Gasteiger partial charge < -0.3 is 40.6 Å². The quantitative estimate of drug-likeness (QED) is 0.125. The molecule has 0 aromatic carbocycles. The van der Waals surface area contributed by atoms with E-state index in [2.05, 4.69) is 29.9 Å². The lowest BCUT2D eigenvalue weighted by Crippen LogP contribution is -2.31. The van der Waals surface area contributed by atoms with Gasteiger partial charge in [-0.1, -0.05) is 0 Å². The van der Waals surface area contributed by atoms with Crippen LogP contribution in [0, 0.1) is 0 Å². The van der Waals surface area contributed by atoms with Crippen LogP contribution in [0.3, 0.4) is 0 Å². The van der Waals surface area contributed by atoms with Crippen molar-refractivity contribution in [2.75, 3.05) is 31.3 Å². The van der Waals surface area contributed by atoms with Gasteiger partial charge in [-0.2, -0.15) is 4.98 Å². The first-order valence-electron chi connectivity index (χ1n) is 12.0. The Morgan fingerprint density at radius 1 is 1.15 bits per heavy atom. The van der Waals surface area contributed by atoms with Gasteiger partial charge in [0.25, 0.3) is 5.56 Å². The number of H-pyrrole nitrogens is 1. The van der Waals surface area contributed by atoms with Gasteiger partial charge in [-0.05, 0) is 0 Å². The first-order valence-corrected chi connectivity index (χ1v) is 13.5. The van der Waals surface area contributed by atoms with Crippen molar-refractivity contribution in [3.63, 3.8) is 0 Å². The summed E-state index contributed by atoms with van der Waals surface area (Å²) in [5.41, 5.74) is 11.7. The van der Waals surface area contributed by atoms with Gasteiger partial charge >= 0.3 is 7.82 Å². The van der Waals surface area contributed by atoms with Gasteiger partial charge in [-0.15, -0.1) is 0 Å². The van der Waals surface area contributed by atoms with Crippen LogP contribution in [0.5, 0.6) is 0 Å². The second kappa shape index (κ2) is 10.1. The predicted molar refractivity (Wildman–Crippen MR) is 133 cm³/mol. The average molecular weight is 580 g/mol. The Labute approximate surface area is 223 Å². The third-order valence-electron chi connectivity index (χ3n) is 6.74. The summed E-state index contributed by atoms with van der Waals surface area (Å²) in [6.07, 6.45) is -1.12. The summed E-state index contributed by atoms with van der Waals surface area (Å²) in [6, 6.07) is -0.623. The molecular formula is C20H25N10O9P. The lowest BCUT2D eigenvalue weighted by atomic mass is 10.1. The van der Waals surface area contributed by atoms with E-state index in [1.807, 2.05) is 0 Å². The van der Waals surface area contributed by atoms with Crippen LogP contribution >= 0.6 is 7.82 Å². The Morgan fingerprint density at radius 2 is 1.93 bits per heavy atom. The zero-order valence-electron chi connectivity index (χ0n) is 20.5. The third-order valence-corrected chi connectivity index (χ3v) is 7.76. The number of phosphoric acid groups is 1. The summed E-state index contributed by atoms with van der Waals surface area (Å²) < 4.78 is 37.8. The smallest absolute Gasteiger partial charge is 0.394 e. The number of nitrogens with zero attached hydrogens (tertiary/aromatic N) is 7. The molecule has 0 bridgehead atoms. The highest BCUT2D eigenvalue weighted by molar-refractivity contribution is 7.47. The number of ether oxygens (including phenoxy) is 2. The Hall–Kier alpha value is -3.55. The molecule has 6 heterocycles. The molecule has 19 nitrogen and oxygen atoms in total. The van der Waals surface area contributed by atoms with E-state index < -0.39 is 63.3 Å². The molecule has 4 aromatic heterocycles. The maximum absolute atomic E-state index is 12.9. The fourth-order valence-corrected chi connectivity index (χ4v) is 5.77. The highest BCUT2D eigenvalue weighted by Gasteiger charge is 2.44. The summed E-state index contributed by atoms with van der Waals surface area (Å²) in [5.74, 6) is 0.0143. The molecule has 0 amide bonds. The molecule has 40 heavy (non-hydrogen) atoms. The van der Waals surface area contributed by atoms with E-state index >= 15 is 0 Å². The zero-order valence-corrected chi connectivity index (χ0v) is 21.4. The van der Waals surface area contributed by atoms with Crippen LogP contribution in [-0.2, 0) is 23.1 Å². The van der Waals surface area contributed by atoms with Gasteiger partial charge in [0.05, 0.1) is 44.6 Å². The van der Waals surface area contributed by atoms with Gasteiger partial charge in [-0.25, -0.2) is 24.5 Å². The molecule has 0 aliphatic carbocycles. The van der Waals surface area contributed by atoms with Crippen LogP contribution in [-0.4, -0.2) is 98.4 Å². The molecule has 214 valence electrons. The minimum Gasteiger partial charge on any atom is -0.394 e. The van der Waals surface area contributed by atoms with Crippen LogP contribution in [0.2, 0.25) is 0 Å². The molecule has 7 atom stereocenters. The van der Waals surface area contributed by atoms with Gasteiger partial charge in [0.15, 0.2) is 28.9 Å². The maximum Gasteiger partial charge on any atom is 0.472 e. The standard InChI is InChI=1S/C20H25N10O9P/c21-15-12-16(24-5-23-15)29(6-25-12)9-3-36-11(14(9)32)4-37-40(34,35)39-10-1-8(2-31)38-19(10)30-7-26-13-17(30)27-20(22)28-18(13)33/h5-11,14,19,31-32H,1-4H2,(H,34,35)(H2,21,23,24)(H3,22,27,28,33)/t8-,9?,10+,11+,14-,19+/m0/s1. The normalized spacial score (nSPS) is 28.5. The highest BCUT2D eigenvalue weighted by Crippen LogP contribution is 2.49. The monoisotopic (exact) mass is 580 g/mol. The second-order valence-corrected chi connectivity index (χ2v) is 10.7. The van der Waals surface area contributed by atoms with Crippen molar-refractivity contribution in [1.82, 2.24) is 39.0 Å². The number of phosphoric ester groups is 1. The van der Waals surface area contributed by atoms with E-state index in [0.29, 0.717) is 11.2 Å². The Bertz CT molecular complexity index is 1660. The molecule has 2 fully saturated rings. The minimum atomic E-state index is -4.76. The van der Waals surface area contributed by atoms with E-state index in [0.717, 1.165) is 0 Å². The molecule has 0 spiro atoms. The van der Waals surface area contributed by atoms with E-state index in [4.69, 9.17) is 30.0 Å². The molecule has 8 N–H and O–H groups in total. The second-order valence-electron chi connectivity index (χ2n) is 9.26. The SMILES string of the molecule is Nc1nc2c(ncn2[C@@H]2O[C@H](CO)C[C@H]2OP(=O)(O)OC[C@H]2OCC(n3cnc4c(N)ncnc43)[C@@H]2O)c(=O)[nH]1. The number of rotatable bonds is 8. The van der Waals surface area contributed by atoms with Gasteiger partial charge in [-0.3, -0.25) is 23.4 Å². The summed E-state index contributed by atoms with van der Waals surface area (Å²) in [7, 11) is -4.76. The maximum atomic E-state index is 12.9. The fraction of sp³-hybridized carbons (Fsp3) is 0.500. The summed E-state index contributed by atoms with van der Waals surface area (Å²) in [6.45, 7) is -0.849. The molecular weight excluding hydrogens is 555 g/mol. The number of aliphatic hydroxyl groups excluding tert-OH is 2. The number of aliphatic hydroxyl groups is 2. The number of fused-ring (bicyclic) bond motifs is 2. The van der Waals surface area contributed by atoms with Crippen molar-refractivity contribution < 1.29 is 38.2 Å². The number of aromatic amines is 1. The number of nitrogen functional groups attached to an aromatic ring is 2. The van der Waals surface area contributed by atoms with Crippen LogP contribution in [0.1, 0.15) is 18.7 Å². The summed E-state index contributed by atoms with van der Waals surface area (Å²) >= 11 is 0. The van der Waals surface area contributed by atoms with Crippen LogP contribution in [0.15, 0.2) is 23.8 Å².